The van der Waals surface area contributed by atoms with Crippen LogP contribution in [0.5, 0.6) is 0 Å². The summed E-state index contributed by atoms with van der Waals surface area (Å²) in [6.45, 7) is 16.8. The van der Waals surface area contributed by atoms with Crippen molar-refractivity contribution in [3.05, 3.63) is 0 Å². The Morgan fingerprint density at radius 1 is 1.04 bits per heavy atom. The lowest BCUT2D eigenvalue weighted by Crippen LogP contribution is -2.58. The molecule has 162 valence electrons. The van der Waals surface area contributed by atoms with Gasteiger partial charge in [0.2, 0.25) is 0 Å². The molecule has 0 N–H and O–H groups in total. The van der Waals surface area contributed by atoms with Gasteiger partial charge >= 0.3 is 5.97 Å². The SMILES string of the molecule is CCCN1CC([C@@H]2COC(=O)C(C)(C)C(=O)[C@H](C)C[C@H](C)C[C@@H](C)CN2C)C1. The molecule has 5 nitrogen and oxygen atoms in total. The van der Waals surface area contributed by atoms with Crippen LogP contribution in [0.4, 0.5) is 0 Å². The molecule has 2 heterocycles. The van der Waals surface area contributed by atoms with Crippen molar-refractivity contribution in [1.29, 1.82) is 0 Å². The molecule has 2 aliphatic heterocycles. The molecule has 5 heteroatoms. The lowest BCUT2D eigenvalue weighted by molar-refractivity contribution is -0.162. The minimum absolute atomic E-state index is 0.0129. The van der Waals surface area contributed by atoms with E-state index in [1.807, 2.05) is 6.92 Å². The van der Waals surface area contributed by atoms with Crippen LogP contribution in [0.3, 0.4) is 0 Å². The summed E-state index contributed by atoms with van der Waals surface area (Å²) in [7, 11) is 2.17. The summed E-state index contributed by atoms with van der Waals surface area (Å²) in [6.07, 6.45) is 3.11. The predicted molar refractivity (Wildman–Crippen MR) is 113 cm³/mol. The van der Waals surface area contributed by atoms with E-state index in [-0.39, 0.29) is 23.7 Å². The first-order valence-corrected chi connectivity index (χ1v) is 11.2. The molecule has 0 aromatic carbocycles. The number of likely N-dealkylation sites (N-methyl/N-ethyl adjacent to an activating group) is 1. The summed E-state index contributed by atoms with van der Waals surface area (Å²) in [6, 6.07) is 0.221. The van der Waals surface area contributed by atoms with Gasteiger partial charge < -0.3 is 9.64 Å². The van der Waals surface area contributed by atoms with Crippen molar-refractivity contribution in [3.8, 4) is 0 Å². The maximum atomic E-state index is 13.0. The average Bonchev–Trinajstić information content (AvgIpc) is 2.57. The molecule has 2 aliphatic rings. The molecular weight excluding hydrogens is 352 g/mol. The summed E-state index contributed by atoms with van der Waals surface area (Å²) in [4.78, 5) is 30.6. The number of Topliss-reactive ketones (excluding diaryl/α,β-unsaturated/α-hetero) is 1. The molecule has 0 aromatic rings. The van der Waals surface area contributed by atoms with E-state index in [9.17, 15) is 9.59 Å². The average molecular weight is 395 g/mol. The van der Waals surface area contributed by atoms with Gasteiger partial charge in [0.25, 0.3) is 0 Å². The van der Waals surface area contributed by atoms with E-state index in [2.05, 4.69) is 37.6 Å². The molecule has 0 saturated carbocycles. The van der Waals surface area contributed by atoms with Crippen molar-refractivity contribution < 1.29 is 14.3 Å². The number of hydrogen-bond acceptors (Lipinski definition) is 5. The highest BCUT2D eigenvalue weighted by molar-refractivity contribution is 6.03. The number of rotatable bonds is 3. The minimum atomic E-state index is -1.07. The van der Waals surface area contributed by atoms with Gasteiger partial charge in [0.05, 0.1) is 0 Å². The second-order valence-electron chi connectivity index (χ2n) is 10.2. The van der Waals surface area contributed by atoms with Crippen LogP contribution >= 0.6 is 0 Å². The number of carbonyl (C=O) groups is 2. The number of ether oxygens (including phenoxy) is 1. The van der Waals surface area contributed by atoms with Crippen molar-refractivity contribution in [3.63, 3.8) is 0 Å². The third-order valence-electron chi connectivity index (χ3n) is 6.75. The maximum absolute atomic E-state index is 13.0. The zero-order valence-electron chi connectivity index (χ0n) is 19.2. The van der Waals surface area contributed by atoms with Crippen LogP contribution in [-0.4, -0.2) is 67.4 Å². The second-order valence-corrected chi connectivity index (χ2v) is 10.2. The Bertz CT molecular complexity index is 542. The third kappa shape index (κ3) is 5.56. The molecule has 2 fully saturated rings. The predicted octanol–water partition coefficient (Wildman–Crippen LogP) is 3.47. The standard InChI is InChI=1S/C23H42N2O3/c1-8-9-25-13-19(14-25)20-15-28-22(27)23(5,6)21(26)18(4)11-16(2)10-17(3)12-24(20)7/h16-20H,8-15H2,1-7H3/t16-,17-,18-,20+/m1/s1. The van der Waals surface area contributed by atoms with Gasteiger partial charge in [-0.2, -0.15) is 0 Å². The van der Waals surface area contributed by atoms with E-state index in [4.69, 9.17) is 4.74 Å². The lowest BCUT2D eigenvalue weighted by Gasteiger charge is -2.46. The van der Waals surface area contributed by atoms with Gasteiger partial charge in [0.1, 0.15) is 12.0 Å². The van der Waals surface area contributed by atoms with Crippen LogP contribution in [0.1, 0.15) is 60.8 Å². The lowest BCUT2D eigenvalue weighted by atomic mass is 9.78. The van der Waals surface area contributed by atoms with Crippen LogP contribution in [0.15, 0.2) is 0 Å². The molecule has 0 amide bonds. The zero-order chi connectivity index (χ0) is 21.1. The van der Waals surface area contributed by atoms with Crippen molar-refractivity contribution in [2.24, 2.45) is 29.1 Å². The Morgan fingerprint density at radius 2 is 1.68 bits per heavy atom. The van der Waals surface area contributed by atoms with E-state index in [0.717, 1.165) is 39.0 Å². The van der Waals surface area contributed by atoms with Gasteiger partial charge in [-0.25, -0.2) is 0 Å². The van der Waals surface area contributed by atoms with E-state index < -0.39 is 5.41 Å². The van der Waals surface area contributed by atoms with Crippen LogP contribution in [0, 0.1) is 29.1 Å². The van der Waals surface area contributed by atoms with E-state index >= 15 is 0 Å². The number of ketones is 1. The van der Waals surface area contributed by atoms with E-state index in [1.165, 1.54) is 6.42 Å². The molecule has 0 spiro atoms. The van der Waals surface area contributed by atoms with Gasteiger partial charge in [0, 0.05) is 37.5 Å². The Balaban J connectivity index is 2.17. The molecule has 28 heavy (non-hydrogen) atoms. The van der Waals surface area contributed by atoms with Crippen molar-refractivity contribution in [1.82, 2.24) is 9.80 Å². The Morgan fingerprint density at radius 3 is 2.29 bits per heavy atom. The van der Waals surface area contributed by atoms with E-state index in [1.54, 1.807) is 13.8 Å². The fourth-order valence-electron chi connectivity index (χ4n) is 5.23. The number of cyclic esters (lactones) is 1. The van der Waals surface area contributed by atoms with Gasteiger partial charge in [-0.3, -0.25) is 14.5 Å². The highest BCUT2D eigenvalue weighted by atomic mass is 16.5. The number of esters is 1. The molecule has 2 saturated heterocycles. The van der Waals surface area contributed by atoms with E-state index in [0.29, 0.717) is 24.4 Å². The highest BCUT2D eigenvalue weighted by Crippen LogP contribution is 2.31. The smallest absolute Gasteiger partial charge is 0.319 e. The van der Waals surface area contributed by atoms with Crippen LogP contribution < -0.4 is 0 Å². The fraction of sp³-hybridized carbons (Fsp3) is 0.913. The molecule has 4 atom stereocenters. The molecule has 0 radical (unpaired) electrons. The molecule has 0 unspecified atom stereocenters. The number of carbonyl (C=O) groups excluding carboxylic acids is 2. The molecule has 0 bridgehead atoms. The maximum Gasteiger partial charge on any atom is 0.319 e. The molecular formula is C23H42N2O3. The monoisotopic (exact) mass is 394 g/mol. The Labute approximate surface area is 172 Å². The Hall–Kier alpha value is -0.940. The van der Waals surface area contributed by atoms with Crippen LogP contribution in [-0.2, 0) is 14.3 Å². The van der Waals surface area contributed by atoms with Gasteiger partial charge in [-0.15, -0.1) is 0 Å². The minimum Gasteiger partial charge on any atom is -0.463 e. The quantitative estimate of drug-likeness (QED) is 0.542. The number of hydrogen-bond donors (Lipinski definition) is 0. The first-order chi connectivity index (χ1) is 13.1. The summed E-state index contributed by atoms with van der Waals surface area (Å²) < 4.78 is 5.77. The fourth-order valence-corrected chi connectivity index (χ4v) is 5.23. The van der Waals surface area contributed by atoms with Crippen LogP contribution in [0.2, 0.25) is 0 Å². The first-order valence-electron chi connectivity index (χ1n) is 11.2. The largest absolute Gasteiger partial charge is 0.463 e. The van der Waals surface area contributed by atoms with Gasteiger partial charge in [-0.05, 0) is 58.5 Å². The van der Waals surface area contributed by atoms with Gasteiger partial charge in [-0.1, -0.05) is 27.7 Å². The third-order valence-corrected chi connectivity index (χ3v) is 6.75. The van der Waals surface area contributed by atoms with Crippen LogP contribution in [0.25, 0.3) is 0 Å². The van der Waals surface area contributed by atoms with Crippen molar-refractivity contribution in [2.45, 2.75) is 66.8 Å². The summed E-state index contributed by atoms with van der Waals surface area (Å²) in [5, 5.41) is 0. The van der Waals surface area contributed by atoms with Gasteiger partial charge in [0.15, 0.2) is 5.78 Å². The first kappa shape index (κ1) is 23.3. The van der Waals surface area contributed by atoms with Crippen molar-refractivity contribution in [2.75, 3.05) is 39.8 Å². The summed E-state index contributed by atoms with van der Waals surface area (Å²) >= 11 is 0. The molecule has 0 aromatic heterocycles. The zero-order valence-corrected chi connectivity index (χ0v) is 19.2. The molecule has 0 aliphatic carbocycles. The highest BCUT2D eigenvalue weighted by Gasteiger charge is 2.42. The molecule has 2 rings (SSSR count). The number of likely N-dealkylation sites (tertiary alicyclic amines) is 1. The Kier molecular flexibility index (Phi) is 8.09. The normalized spacial score (nSPS) is 34.7. The topological polar surface area (TPSA) is 49.9 Å². The summed E-state index contributed by atoms with van der Waals surface area (Å²) in [5.41, 5.74) is -1.07. The summed E-state index contributed by atoms with van der Waals surface area (Å²) in [5.74, 6) is 1.08. The number of nitrogens with zero attached hydrogens (tertiary/aromatic N) is 2. The van der Waals surface area contributed by atoms with Crippen molar-refractivity contribution >= 4 is 11.8 Å². The second kappa shape index (κ2) is 9.71.